The smallest absolute Gasteiger partial charge is 0.242 e. The Morgan fingerprint density at radius 2 is 1.81 bits per heavy atom. The first-order chi connectivity index (χ1) is 15.4. The van der Waals surface area contributed by atoms with Gasteiger partial charge in [0.05, 0.1) is 0 Å². The first-order valence-electron chi connectivity index (χ1n) is 10.8. The SMILES string of the molecule is CCNC(=O)C(CC)N(Cc1ccc(Cl)cc1Cl)C(=O)CCc1ccc2c(c1)OCCO2. The van der Waals surface area contributed by atoms with Crippen LogP contribution in [0.2, 0.25) is 10.0 Å². The summed E-state index contributed by atoms with van der Waals surface area (Å²) in [5, 5.41) is 3.82. The average Bonchev–Trinajstić information content (AvgIpc) is 2.78. The van der Waals surface area contributed by atoms with Gasteiger partial charge < -0.3 is 19.7 Å². The van der Waals surface area contributed by atoms with Crippen molar-refractivity contribution in [3.63, 3.8) is 0 Å². The number of fused-ring (bicyclic) bond motifs is 1. The summed E-state index contributed by atoms with van der Waals surface area (Å²) in [4.78, 5) is 27.6. The molecule has 0 saturated heterocycles. The molecule has 2 aromatic carbocycles. The largest absolute Gasteiger partial charge is 0.486 e. The maximum atomic E-state index is 13.3. The molecule has 0 aromatic heterocycles. The molecule has 1 aliphatic heterocycles. The Morgan fingerprint density at radius 1 is 1.06 bits per heavy atom. The van der Waals surface area contributed by atoms with Crippen LogP contribution in [-0.2, 0) is 22.6 Å². The molecule has 1 unspecified atom stereocenters. The van der Waals surface area contributed by atoms with Gasteiger partial charge in [0.15, 0.2) is 11.5 Å². The van der Waals surface area contributed by atoms with Crippen molar-refractivity contribution >= 4 is 35.0 Å². The lowest BCUT2D eigenvalue weighted by atomic mass is 10.1. The molecular weight excluding hydrogens is 451 g/mol. The molecule has 1 heterocycles. The molecule has 2 amide bonds. The minimum atomic E-state index is -0.588. The lowest BCUT2D eigenvalue weighted by Gasteiger charge is -2.31. The molecule has 2 aromatic rings. The van der Waals surface area contributed by atoms with E-state index in [2.05, 4.69) is 5.32 Å². The Hall–Kier alpha value is -2.44. The third-order valence-corrected chi connectivity index (χ3v) is 5.91. The number of amides is 2. The molecule has 0 saturated carbocycles. The topological polar surface area (TPSA) is 67.9 Å². The van der Waals surface area contributed by atoms with Crippen molar-refractivity contribution in [2.75, 3.05) is 19.8 Å². The van der Waals surface area contributed by atoms with Gasteiger partial charge in [0.1, 0.15) is 19.3 Å². The van der Waals surface area contributed by atoms with E-state index in [1.54, 1.807) is 23.1 Å². The van der Waals surface area contributed by atoms with E-state index in [0.29, 0.717) is 54.1 Å². The van der Waals surface area contributed by atoms with E-state index in [1.165, 1.54) is 0 Å². The number of likely N-dealkylation sites (N-methyl/N-ethyl adjacent to an activating group) is 1. The molecule has 172 valence electrons. The van der Waals surface area contributed by atoms with Gasteiger partial charge >= 0.3 is 0 Å². The maximum Gasteiger partial charge on any atom is 0.242 e. The number of nitrogens with one attached hydrogen (secondary N) is 1. The molecule has 32 heavy (non-hydrogen) atoms. The average molecular weight is 479 g/mol. The molecule has 0 bridgehead atoms. The molecule has 0 radical (unpaired) electrons. The highest BCUT2D eigenvalue weighted by atomic mass is 35.5. The quantitative estimate of drug-likeness (QED) is 0.569. The minimum absolute atomic E-state index is 0.121. The number of halogens is 2. The third-order valence-electron chi connectivity index (χ3n) is 5.33. The van der Waals surface area contributed by atoms with Crippen molar-refractivity contribution in [1.82, 2.24) is 10.2 Å². The van der Waals surface area contributed by atoms with Crippen LogP contribution in [0.15, 0.2) is 36.4 Å². The number of rotatable bonds is 9. The third kappa shape index (κ3) is 6.08. The first kappa shape index (κ1) is 24.2. The molecule has 6 nitrogen and oxygen atoms in total. The summed E-state index contributed by atoms with van der Waals surface area (Å²) < 4.78 is 11.2. The van der Waals surface area contributed by atoms with Crippen LogP contribution in [0.25, 0.3) is 0 Å². The second-order valence-corrected chi connectivity index (χ2v) is 8.40. The fourth-order valence-corrected chi connectivity index (χ4v) is 4.15. The summed E-state index contributed by atoms with van der Waals surface area (Å²) in [5.74, 6) is 1.11. The highest BCUT2D eigenvalue weighted by Crippen LogP contribution is 2.31. The molecule has 0 aliphatic carbocycles. The number of nitrogens with zero attached hydrogens (tertiary/aromatic N) is 1. The number of hydrogen-bond donors (Lipinski definition) is 1. The number of benzene rings is 2. The predicted molar refractivity (Wildman–Crippen MR) is 126 cm³/mol. The molecule has 8 heteroatoms. The van der Waals surface area contributed by atoms with Crippen LogP contribution >= 0.6 is 23.2 Å². The van der Waals surface area contributed by atoms with E-state index in [9.17, 15) is 9.59 Å². The van der Waals surface area contributed by atoms with Crippen LogP contribution in [0.4, 0.5) is 0 Å². The molecule has 1 aliphatic rings. The minimum Gasteiger partial charge on any atom is -0.486 e. The Balaban J connectivity index is 1.78. The number of carbonyl (C=O) groups is 2. The summed E-state index contributed by atoms with van der Waals surface area (Å²) in [6.07, 6.45) is 1.26. The summed E-state index contributed by atoms with van der Waals surface area (Å²) >= 11 is 12.4. The highest BCUT2D eigenvalue weighted by molar-refractivity contribution is 6.35. The van der Waals surface area contributed by atoms with Crippen molar-refractivity contribution < 1.29 is 19.1 Å². The van der Waals surface area contributed by atoms with E-state index in [4.69, 9.17) is 32.7 Å². The van der Waals surface area contributed by atoms with E-state index in [-0.39, 0.29) is 24.8 Å². The van der Waals surface area contributed by atoms with Gasteiger partial charge in [0.25, 0.3) is 0 Å². The highest BCUT2D eigenvalue weighted by Gasteiger charge is 2.28. The Kier molecular flexibility index (Phi) is 8.65. The van der Waals surface area contributed by atoms with Gasteiger partial charge in [-0.2, -0.15) is 0 Å². The van der Waals surface area contributed by atoms with Crippen LogP contribution in [0.3, 0.4) is 0 Å². The molecule has 1 N–H and O–H groups in total. The van der Waals surface area contributed by atoms with Crippen molar-refractivity contribution in [3.8, 4) is 11.5 Å². The van der Waals surface area contributed by atoms with Gasteiger partial charge in [0, 0.05) is 29.6 Å². The van der Waals surface area contributed by atoms with Crippen LogP contribution in [0.5, 0.6) is 11.5 Å². The van der Waals surface area contributed by atoms with Crippen molar-refractivity contribution in [2.24, 2.45) is 0 Å². The fraction of sp³-hybridized carbons (Fsp3) is 0.417. The normalized spacial score (nSPS) is 13.4. The fourth-order valence-electron chi connectivity index (χ4n) is 3.68. The van der Waals surface area contributed by atoms with Crippen molar-refractivity contribution in [2.45, 2.75) is 45.7 Å². The first-order valence-corrected chi connectivity index (χ1v) is 11.6. The van der Waals surface area contributed by atoms with Gasteiger partial charge in [-0.15, -0.1) is 0 Å². The standard InChI is InChI=1S/C24H28Cl2N2O4/c1-3-20(24(30)27-4-2)28(15-17-7-8-18(25)14-19(17)26)23(29)10-6-16-5-9-21-22(13-16)32-12-11-31-21/h5,7-9,13-14,20H,3-4,6,10-12,15H2,1-2H3,(H,27,30). The zero-order chi connectivity index (χ0) is 23.1. The van der Waals surface area contributed by atoms with Crippen LogP contribution in [-0.4, -0.2) is 42.5 Å². The van der Waals surface area contributed by atoms with Crippen molar-refractivity contribution in [3.05, 3.63) is 57.6 Å². The van der Waals surface area contributed by atoms with E-state index < -0.39 is 6.04 Å². The molecule has 0 spiro atoms. The molecular formula is C24H28Cl2N2O4. The summed E-state index contributed by atoms with van der Waals surface area (Å²) in [7, 11) is 0. The monoisotopic (exact) mass is 478 g/mol. The number of ether oxygens (including phenoxy) is 2. The number of hydrogen-bond acceptors (Lipinski definition) is 4. The zero-order valence-electron chi connectivity index (χ0n) is 18.3. The lowest BCUT2D eigenvalue weighted by Crippen LogP contribution is -2.49. The maximum absolute atomic E-state index is 13.3. The van der Waals surface area contributed by atoms with Crippen LogP contribution in [0, 0.1) is 0 Å². The summed E-state index contributed by atoms with van der Waals surface area (Å²) in [6.45, 7) is 5.52. The summed E-state index contributed by atoms with van der Waals surface area (Å²) in [5.41, 5.74) is 1.71. The van der Waals surface area contributed by atoms with E-state index in [1.807, 2.05) is 32.0 Å². The summed E-state index contributed by atoms with van der Waals surface area (Å²) in [6, 6.07) is 10.3. The van der Waals surface area contributed by atoms with Crippen LogP contribution in [0.1, 0.15) is 37.8 Å². The Bertz CT molecular complexity index is 967. The van der Waals surface area contributed by atoms with Gasteiger partial charge in [-0.3, -0.25) is 9.59 Å². The van der Waals surface area contributed by atoms with Crippen molar-refractivity contribution in [1.29, 1.82) is 0 Å². The zero-order valence-corrected chi connectivity index (χ0v) is 19.8. The molecule has 0 fully saturated rings. The Morgan fingerprint density at radius 3 is 2.50 bits per heavy atom. The van der Waals surface area contributed by atoms with E-state index in [0.717, 1.165) is 11.1 Å². The van der Waals surface area contributed by atoms with Crippen LogP contribution < -0.4 is 14.8 Å². The molecule has 1 atom stereocenters. The number of aryl methyl sites for hydroxylation is 1. The van der Waals surface area contributed by atoms with Gasteiger partial charge in [-0.1, -0.05) is 42.3 Å². The Labute approximate surface area is 198 Å². The number of carbonyl (C=O) groups excluding carboxylic acids is 2. The van der Waals surface area contributed by atoms with Gasteiger partial charge in [0.2, 0.25) is 11.8 Å². The van der Waals surface area contributed by atoms with E-state index >= 15 is 0 Å². The lowest BCUT2D eigenvalue weighted by molar-refractivity contribution is -0.141. The molecule has 3 rings (SSSR count). The second kappa shape index (κ2) is 11.4. The van der Waals surface area contributed by atoms with Gasteiger partial charge in [-0.05, 0) is 55.2 Å². The van der Waals surface area contributed by atoms with Gasteiger partial charge in [-0.25, -0.2) is 0 Å². The predicted octanol–water partition coefficient (Wildman–Crippen LogP) is 4.64. The second-order valence-electron chi connectivity index (χ2n) is 7.55.